The van der Waals surface area contributed by atoms with Gasteiger partial charge in [-0.15, -0.1) is 0 Å². The van der Waals surface area contributed by atoms with Crippen LogP contribution in [-0.4, -0.2) is 193 Å². The van der Waals surface area contributed by atoms with Gasteiger partial charge in [0.15, 0.2) is 10.8 Å². The number of nitrogens with zero attached hydrogens (tertiary/aromatic N) is 8. The number of imide groups is 1. The van der Waals surface area contributed by atoms with E-state index in [1.54, 1.807) is 55.3 Å². The normalized spacial score (nSPS) is 22.1. The number of ether oxygens (including phenoxy) is 2. The zero-order valence-electron chi connectivity index (χ0n) is 61.0. The lowest BCUT2D eigenvalue weighted by molar-refractivity contribution is -0.251. The molecule has 0 spiro atoms. The molecule has 3 unspecified atom stereocenters. The molecule has 10 N–H and O–H groups in total. The molecule has 7 aliphatic rings. The summed E-state index contributed by atoms with van der Waals surface area (Å²) in [5.74, 6) is -4.07. The van der Waals surface area contributed by atoms with Crippen LogP contribution in [0.25, 0.3) is 21.3 Å². The van der Waals surface area contributed by atoms with Gasteiger partial charge in [-0.1, -0.05) is 81.9 Å². The summed E-state index contributed by atoms with van der Waals surface area (Å²) in [6.45, 7) is 13.4. The Morgan fingerprint density at radius 3 is 2.26 bits per heavy atom. The predicted octanol–water partition coefficient (Wildman–Crippen LogP) is 7.38. The Labute approximate surface area is 625 Å². The first kappa shape index (κ1) is 77.5. The number of hydrogen-bond donors (Lipinski definition) is 9. The van der Waals surface area contributed by atoms with Crippen LogP contribution in [0, 0.1) is 29.1 Å². The summed E-state index contributed by atoms with van der Waals surface area (Å²) in [5, 5.41) is 41.4. The topological polar surface area (TPSA) is 393 Å². The first-order chi connectivity index (χ1) is 50.9. The van der Waals surface area contributed by atoms with Crippen LogP contribution in [0.5, 0.6) is 0 Å². The average Bonchev–Trinajstić information content (AvgIpc) is 1.03. The lowest BCUT2D eigenvalue weighted by Gasteiger charge is -2.69. The van der Waals surface area contributed by atoms with Crippen molar-refractivity contribution in [3.63, 3.8) is 0 Å². The number of aliphatic hydroxyl groups excluding tert-OH is 1. The van der Waals surface area contributed by atoms with E-state index in [1.165, 1.54) is 23.5 Å². The maximum Gasteiger partial charge on any atom is 0.355 e. The Balaban J connectivity index is 0.629. The molecule has 5 atom stereocenters. The van der Waals surface area contributed by atoms with Crippen LogP contribution in [0.3, 0.4) is 0 Å². The van der Waals surface area contributed by atoms with Crippen molar-refractivity contribution in [3.8, 4) is 11.1 Å². The van der Waals surface area contributed by atoms with Gasteiger partial charge in [0.1, 0.15) is 17.9 Å². The van der Waals surface area contributed by atoms with Gasteiger partial charge in [-0.3, -0.25) is 58.0 Å². The third kappa shape index (κ3) is 18.7. The Kier molecular flexibility index (Phi) is 23.5. The van der Waals surface area contributed by atoms with Crippen LogP contribution in [0.2, 0.25) is 0 Å². The number of carboxylic acid groups (broad SMARTS) is 1. The van der Waals surface area contributed by atoms with Crippen LogP contribution >= 0.6 is 11.3 Å². The number of nitrogens with two attached hydrogens (primary N) is 1. The molecule has 6 heterocycles. The van der Waals surface area contributed by atoms with E-state index >= 15 is 0 Å². The van der Waals surface area contributed by atoms with Crippen LogP contribution < -0.4 is 37.2 Å². The largest absolute Gasteiger partial charge is 0.476 e. The zero-order valence-corrected chi connectivity index (χ0v) is 62.6. The summed E-state index contributed by atoms with van der Waals surface area (Å²) in [6, 6.07) is 20.7. The molecule has 8 amide bonds. The summed E-state index contributed by atoms with van der Waals surface area (Å²) in [4.78, 5) is 119. The SMILES string of the molecule is Cc1c(-c2ccc(N3CCc4cccc(C(=O)Nc5nc6ccccc6s5)c4C3)nc2C(=O)O)cnn1CC12CC3(C)CC(C)(C1)CC(OCCN(CCS(=O)(=O)O)C1CN(C(O)OCc4ccc(NC(=O)[C@H](CCCNC(N)=O)NC(=O)[C@@H](NC(=O)CCCCCN5C(=O)C=CC5=O)C(C)C)cc4)C1)(C3)C2. The highest BCUT2D eigenvalue weighted by Crippen LogP contribution is 2.72. The number of anilines is 3. The lowest BCUT2D eigenvalue weighted by atomic mass is 9.39. The van der Waals surface area contributed by atoms with Gasteiger partial charge >= 0.3 is 12.0 Å². The third-order valence-corrected chi connectivity index (χ3v) is 23.4. The number of aliphatic hydroxyl groups is 1. The fraction of sp³-hybridized carbons (Fsp3) is 0.513. The van der Waals surface area contributed by atoms with E-state index in [9.17, 15) is 61.5 Å². The van der Waals surface area contributed by atoms with Crippen molar-refractivity contribution in [1.29, 1.82) is 0 Å². The van der Waals surface area contributed by atoms with Crippen molar-refractivity contribution in [2.24, 2.45) is 27.9 Å². The van der Waals surface area contributed by atoms with Crippen molar-refractivity contribution in [2.75, 3.05) is 73.7 Å². The van der Waals surface area contributed by atoms with Crippen LogP contribution in [-0.2, 0) is 69.7 Å². The first-order valence-electron chi connectivity index (χ1n) is 36.7. The molecule has 6 aromatic rings. The van der Waals surface area contributed by atoms with Crippen molar-refractivity contribution in [3.05, 3.63) is 131 Å². The number of nitrogens with one attached hydrogen (secondary N) is 5. The van der Waals surface area contributed by atoms with E-state index in [0.29, 0.717) is 104 Å². The van der Waals surface area contributed by atoms with E-state index in [0.717, 1.165) is 70.5 Å². The monoisotopic (exact) mass is 1510 g/mol. The minimum absolute atomic E-state index is 0.0155. The van der Waals surface area contributed by atoms with Crippen molar-refractivity contribution >= 4 is 95.8 Å². The minimum Gasteiger partial charge on any atom is -0.476 e. The van der Waals surface area contributed by atoms with Crippen LogP contribution in [0.15, 0.2) is 97.2 Å². The summed E-state index contributed by atoms with van der Waals surface area (Å²) in [6.07, 6.45) is 10.9. The number of carbonyl (C=O) groups is 8. The Morgan fingerprint density at radius 1 is 0.822 bits per heavy atom. The molecule has 13 rings (SSSR count). The van der Waals surface area contributed by atoms with Gasteiger partial charge in [-0.2, -0.15) is 13.5 Å². The smallest absolute Gasteiger partial charge is 0.355 e. The maximum absolute atomic E-state index is 13.8. The fourth-order valence-electron chi connectivity index (χ4n) is 17.8. The van der Waals surface area contributed by atoms with Gasteiger partial charge in [0.2, 0.25) is 24.1 Å². The van der Waals surface area contributed by atoms with Gasteiger partial charge in [0, 0.05) is 112 Å². The molecule has 3 aliphatic heterocycles. The van der Waals surface area contributed by atoms with E-state index in [-0.39, 0.29) is 110 Å². The molecule has 3 aromatic heterocycles. The third-order valence-electron chi connectivity index (χ3n) is 21.8. The number of rotatable bonds is 35. The van der Waals surface area contributed by atoms with E-state index in [1.807, 2.05) is 69.9 Å². The Morgan fingerprint density at radius 2 is 1.56 bits per heavy atom. The number of benzene rings is 3. The molecule has 4 aliphatic carbocycles. The number of carboxylic acids is 1. The van der Waals surface area contributed by atoms with Crippen molar-refractivity contribution in [2.45, 2.75) is 168 Å². The fourth-order valence-corrected chi connectivity index (χ4v) is 19.1. The number of amides is 8. The van der Waals surface area contributed by atoms with Crippen molar-refractivity contribution < 1.29 is 71.0 Å². The summed E-state index contributed by atoms with van der Waals surface area (Å²) < 4.78 is 50.4. The number of para-hydroxylation sites is 1. The second-order valence-electron chi connectivity index (χ2n) is 31.0. The average molecular weight is 1510 g/mol. The maximum atomic E-state index is 13.8. The second-order valence-corrected chi connectivity index (χ2v) is 33.6. The molecule has 3 aromatic carbocycles. The first-order valence-corrected chi connectivity index (χ1v) is 39.1. The summed E-state index contributed by atoms with van der Waals surface area (Å²) >= 11 is 1.41. The van der Waals surface area contributed by atoms with Gasteiger partial charge in [-0.25, -0.2) is 19.6 Å². The number of fused-ring (bicyclic) bond motifs is 2. The van der Waals surface area contributed by atoms with E-state index < -0.39 is 63.8 Å². The zero-order chi connectivity index (χ0) is 76.2. The number of unbranched alkanes of at least 4 members (excludes halogenated alkanes) is 2. The molecule has 5 fully saturated rings. The number of urea groups is 1. The number of thiazole rings is 1. The Hall–Kier alpha value is -9.08. The van der Waals surface area contributed by atoms with Crippen LogP contribution in [0.4, 0.5) is 21.4 Å². The highest BCUT2D eigenvalue weighted by molar-refractivity contribution is 7.85. The standard InChI is InChI=1S/C76H96N14O15S2/c1-47(2)64(84-61(91)18-7-6-10-29-89-62(92)25-26-63(89)93)68(96)81-58(16-12-28-78-70(77)99)67(95)80-51-21-19-49(20-22-51)39-104-72(100)88-36-52(37-88)86(32-34-107(101,102)103)31-33-105-76-43-73(4)40-74(5,44-76)42-75(41-73,45-76)46-90-48(3)55(35-79-90)53-23-24-60(83-65(53)69(97)98)87-30-27-50-13-11-14-54(56(50)38-87)66(94)85-71-82-57-15-8-9-17-59(57)106-71/h8-9,11,13-15,17,19-26,35,47,52,58,64,72,100H,6-7,10,12,16,18,27-34,36-46H2,1-5H3,(H,80,95)(H,81,96)(H,84,91)(H,97,98)(H3,77,78,99)(H,82,85,94)(H,101,102,103)/t58-,64-,72?,73?,74?,75?,76?/m0/s1. The minimum atomic E-state index is -4.33. The Bertz CT molecular complexity index is 4430. The number of carbonyl (C=O) groups excluding carboxylic acids is 7. The molecular weight excluding hydrogens is 1410 g/mol. The number of pyridine rings is 1. The van der Waals surface area contributed by atoms with E-state index in [2.05, 4.69) is 45.4 Å². The van der Waals surface area contributed by atoms with Gasteiger partial charge < -0.3 is 51.6 Å². The highest BCUT2D eigenvalue weighted by Gasteiger charge is 2.66. The predicted molar refractivity (Wildman–Crippen MR) is 400 cm³/mol. The summed E-state index contributed by atoms with van der Waals surface area (Å²) in [5.41, 5.74) is 10.6. The summed E-state index contributed by atoms with van der Waals surface area (Å²) in [7, 11) is -4.33. The number of aromatic carboxylic acids is 1. The number of aromatic nitrogens is 4. The molecule has 29 nitrogen and oxygen atoms in total. The van der Waals surface area contributed by atoms with E-state index in [4.69, 9.17) is 25.3 Å². The molecule has 572 valence electrons. The molecule has 1 saturated heterocycles. The lowest BCUT2D eigenvalue weighted by Crippen LogP contribution is -2.65. The number of hydrogen-bond acceptors (Lipinski definition) is 20. The molecule has 4 bridgehead atoms. The second kappa shape index (κ2) is 32.4. The molecule has 107 heavy (non-hydrogen) atoms. The molecular formula is C76H96N14O15S2. The molecule has 4 saturated carbocycles. The van der Waals surface area contributed by atoms with Gasteiger partial charge in [-0.05, 0) is 159 Å². The quantitative estimate of drug-likeness (QED) is 0.00810. The van der Waals surface area contributed by atoms with Crippen molar-refractivity contribution in [1.82, 2.24) is 50.4 Å². The van der Waals surface area contributed by atoms with Gasteiger partial charge in [0.05, 0.1) is 41.0 Å². The number of likely N-dealkylation sites (tertiary alicyclic amines) is 1. The van der Waals surface area contributed by atoms with Crippen LogP contribution in [0.1, 0.15) is 148 Å². The molecule has 0 radical (unpaired) electrons. The molecule has 31 heteroatoms. The number of primary amides is 1. The highest BCUT2D eigenvalue weighted by atomic mass is 32.2. The van der Waals surface area contributed by atoms with Gasteiger partial charge in [0.25, 0.3) is 27.8 Å².